The average Bonchev–Trinajstić information content (AvgIpc) is 4.19. The van der Waals surface area contributed by atoms with E-state index < -0.39 is 10.8 Å². The van der Waals surface area contributed by atoms with Crippen LogP contribution in [-0.2, 0) is 10.8 Å². The zero-order valence-corrected chi connectivity index (χ0v) is 41.6. The van der Waals surface area contributed by atoms with Crippen LogP contribution in [0.5, 0.6) is 0 Å². The summed E-state index contributed by atoms with van der Waals surface area (Å²) in [5.74, 6) is 0. The lowest BCUT2D eigenvalue weighted by atomic mass is 9.68. The van der Waals surface area contributed by atoms with Crippen LogP contribution < -0.4 is 4.90 Å². The van der Waals surface area contributed by atoms with Crippen molar-refractivity contribution in [3.8, 4) is 50.2 Å². The van der Waals surface area contributed by atoms with Crippen LogP contribution in [0.3, 0.4) is 0 Å². The van der Waals surface area contributed by atoms with Crippen molar-refractivity contribution in [3.05, 3.63) is 336 Å². The third kappa shape index (κ3) is 5.81. The molecule has 0 fully saturated rings. The maximum absolute atomic E-state index is 2.51. The zero-order valence-electron chi connectivity index (χ0n) is 41.6. The summed E-state index contributed by atoms with van der Waals surface area (Å²) in [4.78, 5) is 2.49. The van der Waals surface area contributed by atoms with E-state index in [-0.39, 0.29) is 0 Å². The molecule has 3 aliphatic rings. The fraction of sp³-hybridized carbons (Fsp3) is 0.0270. The first kappa shape index (κ1) is 42.7. The van der Waals surface area contributed by atoms with Crippen molar-refractivity contribution in [1.29, 1.82) is 0 Å². The van der Waals surface area contributed by atoms with Crippen molar-refractivity contribution < 1.29 is 0 Å². The molecule has 12 aromatic carbocycles. The molecule has 1 aromatic heterocycles. The highest BCUT2D eigenvalue weighted by molar-refractivity contribution is 6.09. The molecule has 2 nitrogen and oxygen atoms in total. The molecule has 3 aliphatic carbocycles. The molecular weight excluding hydrogens is 917 g/mol. The summed E-state index contributed by atoms with van der Waals surface area (Å²) in [5, 5.41) is 2.53. The van der Waals surface area contributed by atoms with Crippen LogP contribution in [0.15, 0.2) is 291 Å². The predicted molar refractivity (Wildman–Crippen MR) is 315 cm³/mol. The lowest BCUT2D eigenvalue weighted by Crippen LogP contribution is -2.28. The van der Waals surface area contributed by atoms with Gasteiger partial charge in [-0.3, -0.25) is 0 Å². The monoisotopic (exact) mass is 964 g/mol. The van der Waals surface area contributed by atoms with Crippen molar-refractivity contribution in [2.45, 2.75) is 10.8 Å². The number of rotatable bonds is 7. The molecular formula is C74H48N2. The Bertz CT molecular complexity index is 4290. The van der Waals surface area contributed by atoms with Gasteiger partial charge in [-0.1, -0.05) is 231 Å². The normalized spacial score (nSPS) is 13.7. The maximum atomic E-state index is 2.51. The van der Waals surface area contributed by atoms with E-state index in [1.54, 1.807) is 0 Å². The largest absolute Gasteiger partial charge is 0.310 e. The minimum absolute atomic E-state index is 0.474. The summed E-state index contributed by atoms with van der Waals surface area (Å²) >= 11 is 0. The average molecular weight is 965 g/mol. The Labute approximate surface area is 442 Å². The van der Waals surface area contributed by atoms with Crippen molar-refractivity contribution in [2.24, 2.45) is 0 Å². The molecule has 0 atom stereocenters. The summed E-state index contributed by atoms with van der Waals surface area (Å²) in [7, 11) is 0. The number of hydrogen-bond donors (Lipinski definition) is 0. The Kier molecular flexibility index (Phi) is 9.20. The molecule has 0 saturated heterocycles. The van der Waals surface area contributed by atoms with Gasteiger partial charge in [0.15, 0.2) is 0 Å². The maximum Gasteiger partial charge on any atom is 0.0726 e. The molecule has 0 saturated carbocycles. The highest BCUT2D eigenvalue weighted by atomic mass is 15.1. The second kappa shape index (κ2) is 16.4. The molecule has 0 bridgehead atoms. The molecule has 0 aliphatic heterocycles. The topological polar surface area (TPSA) is 8.17 Å². The minimum Gasteiger partial charge on any atom is -0.310 e. The van der Waals surface area contributed by atoms with Gasteiger partial charge in [0, 0.05) is 33.5 Å². The number of fused-ring (bicyclic) bond motifs is 16. The molecule has 1 heterocycles. The summed E-state index contributed by atoms with van der Waals surface area (Å²) in [5.41, 5.74) is 26.4. The van der Waals surface area contributed by atoms with E-state index in [0.717, 1.165) is 22.7 Å². The SMILES string of the molecule is c1ccc(C2(c3ccccc3)c3ccccc3-c3cc(N(c4ccc(-c5ccc(-n6c7ccccc7c7ccccc76)cc5)cc4)c4ccc5c(c4)C4(c6ccccc6-c6ccccc64)c4ccccc4-5)ccc32)cc1. The van der Waals surface area contributed by atoms with Gasteiger partial charge in [-0.25, -0.2) is 0 Å². The number of nitrogens with zero attached hydrogens (tertiary/aromatic N) is 2. The smallest absolute Gasteiger partial charge is 0.0726 e. The van der Waals surface area contributed by atoms with Gasteiger partial charge in [-0.15, -0.1) is 0 Å². The van der Waals surface area contributed by atoms with E-state index in [2.05, 4.69) is 301 Å². The quantitative estimate of drug-likeness (QED) is 0.155. The first-order chi connectivity index (χ1) is 37.7. The van der Waals surface area contributed by atoms with Crippen LogP contribution in [0.4, 0.5) is 17.1 Å². The van der Waals surface area contributed by atoms with Crippen LogP contribution in [0.2, 0.25) is 0 Å². The number of para-hydroxylation sites is 2. The summed E-state index contributed by atoms with van der Waals surface area (Å²) in [6.07, 6.45) is 0. The summed E-state index contributed by atoms with van der Waals surface area (Å²) < 4.78 is 2.39. The molecule has 1 spiro atoms. The molecule has 76 heavy (non-hydrogen) atoms. The van der Waals surface area contributed by atoms with Gasteiger partial charge in [0.25, 0.3) is 0 Å². The Hall–Kier alpha value is -9.76. The fourth-order valence-corrected chi connectivity index (χ4v) is 14.1. The first-order valence-corrected chi connectivity index (χ1v) is 26.5. The second-order valence-corrected chi connectivity index (χ2v) is 20.7. The number of aromatic nitrogens is 1. The molecule has 354 valence electrons. The standard InChI is InChI=1S/C74H48N2/c1-3-19-51(20-4-1)73(52-21-5-2-6-22-52)65-29-13-10-26-60(65)64-47-55(44-46-69(64)73)75(53-39-35-49(36-40-53)50-37-41-54(42-38-50)76-71-33-17-11-27-62(71)63-28-12-18-34-72(63)76)56-43-45-61-59-25-9-16-32-68(59)74(70(61)48-56)66-30-14-7-23-57(66)58-24-8-15-31-67(58)74/h1-48H. The molecule has 2 heteroatoms. The Morgan fingerprint density at radius 1 is 0.250 bits per heavy atom. The van der Waals surface area contributed by atoms with Crippen molar-refractivity contribution in [1.82, 2.24) is 4.57 Å². The van der Waals surface area contributed by atoms with E-state index in [1.807, 2.05) is 0 Å². The highest BCUT2D eigenvalue weighted by Gasteiger charge is 2.52. The first-order valence-electron chi connectivity index (χ1n) is 26.5. The lowest BCUT2D eigenvalue weighted by Gasteiger charge is -2.34. The zero-order chi connectivity index (χ0) is 50.0. The van der Waals surface area contributed by atoms with Crippen LogP contribution in [0.25, 0.3) is 72.0 Å². The van der Waals surface area contributed by atoms with Crippen molar-refractivity contribution in [3.63, 3.8) is 0 Å². The number of anilines is 3. The summed E-state index contributed by atoms with van der Waals surface area (Å²) in [6.45, 7) is 0. The molecule has 16 rings (SSSR count). The van der Waals surface area contributed by atoms with Gasteiger partial charge in [0.05, 0.1) is 21.9 Å². The lowest BCUT2D eigenvalue weighted by molar-refractivity contribution is 0.768. The molecule has 0 radical (unpaired) electrons. The van der Waals surface area contributed by atoms with E-state index in [0.29, 0.717) is 0 Å². The second-order valence-electron chi connectivity index (χ2n) is 20.7. The van der Waals surface area contributed by atoms with Crippen molar-refractivity contribution in [2.75, 3.05) is 4.90 Å². The predicted octanol–water partition coefficient (Wildman–Crippen LogP) is 18.6. The van der Waals surface area contributed by atoms with Crippen molar-refractivity contribution >= 4 is 38.9 Å². The van der Waals surface area contributed by atoms with Crippen LogP contribution in [0, 0.1) is 0 Å². The van der Waals surface area contributed by atoms with E-state index in [4.69, 9.17) is 0 Å². The molecule has 0 amide bonds. The minimum atomic E-state index is -0.495. The van der Waals surface area contributed by atoms with Crippen LogP contribution in [-0.4, -0.2) is 4.57 Å². The fourth-order valence-electron chi connectivity index (χ4n) is 14.1. The van der Waals surface area contributed by atoms with Crippen LogP contribution >= 0.6 is 0 Å². The van der Waals surface area contributed by atoms with Gasteiger partial charge in [0.1, 0.15) is 0 Å². The van der Waals surface area contributed by atoms with Gasteiger partial charge in [0.2, 0.25) is 0 Å². The van der Waals surface area contributed by atoms with Gasteiger partial charge < -0.3 is 9.47 Å². The Morgan fingerprint density at radius 3 is 1.17 bits per heavy atom. The van der Waals surface area contributed by atoms with Gasteiger partial charge in [-0.05, 0) is 150 Å². The van der Waals surface area contributed by atoms with E-state index in [9.17, 15) is 0 Å². The number of hydrogen-bond acceptors (Lipinski definition) is 1. The third-order valence-electron chi connectivity index (χ3n) is 17.1. The molecule has 0 unspecified atom stereocenters. The Morgan fingerprint density at radius 2 is 0.632 bits per heavy atom. The molecule has 13 aromatic rings. The highest BCUT2D eigenvalue weighted by Crippen LogP contribution is 2.64. The van der Waals surface area contributed by atoms with E-state index >= 15 is 0 Å². The van der Waals surface area contributed by atoms with Gasteiger partial charge in [-0.2, -0.15) is 0 Å². The van der Waals surface area contributed by atoms with E-state index in [1.165, 1.54) is 111 Å². The number of benzene rings is 12. The summed E-state index contributed by atoms with van der Waals surface area (Å²) in [6, 6.07) is 109. The molecule has 0 N–H and O–H groups in total. The Balaban J connectivity index is 0.883. The third-order valence-corrected chi connectivity index (χ3v) is 17.1. The van der Waals surface area contributed by atoms with Crippen LogP contribution in [0.1, 0.15) is 44.5 Å². The van der Waals surface area contributed by atoms with Gasteiger partial charge >= 0.3 is 0 Å².